The van der Waals surface area contributed by atoms with E-state index in [1.165, 1.54) is 23.7 Å². The standard InChI is InChI=1S/C15H9Cl2NO3S/c16-11-4-3-9(6-12(11)17)15(19)21-8-10-7-20-14(18-10)13-2-1-5-22-13/h1-7H,8H2. The summed E-state index contributed by atoms with van der Waals surface area (Å²) in [5.41, 5.74) is 0.869. The van der Waals surface area contributed by atoms with Crippen molar-refractivity contribution >= 4 is 40.5 Å². The van der Waals surface area contributed by atoms with Crippen LogP contribution in [0.1, 0.15) is 16.1 Å². The molecule has 0 aliphatic heterocycles. The molecule has 4 nitrogen and oxygen atoms in total. The number of carbonyl (C=O) groups excluding carboxylic acids is 1. The number of thiophene rings is 1. The van der Waals surface area contributed by atoms with Crippen LogP contribution in [0.4, 0.5) is 0 Å². The van der Waals surface area contributed by atoms with Gasteiger partial charge < -0.3 is 9.15 Å². The van der Waals surface area contributed by atoms with Crippen LogP contribution in [-0.4, -0.2) is 11.0 Å². The first-order chi connectivity index (χ1) is 10.6. The molecule has 0 atom stereocenters. The third-order valence-electron chi connectivity index (χ3n) is 2.79. The lowest BCUT2D eigenvalue weighted by molar-refractivity contribution is 0.0468. The summed E-state index contributed by atoms with van der Waals surface area (Å²) in [6, 6.07) is 8.38. The van der Waals surface area contributed by atoms with Crippen molar-refractivity contribution in [3.05, 3.63) is 63.3 Å². The molecular formula is C15H9Cl2NO3S. The number of benzene rings is 1. The quantitative estimate of drug-likeness (QED) is 0.614. The van der Waals surface area contributed by atoms with Crippen molar-refractivity contribution in [1.29, 1.82) is 0 Å². The van der Waals surface area contributed by atoms with E-state index in [2.05, 4.69) is 4.98 Å². The lowest BCUT2D eigenvalue weighted by Crippen LogP contribution is -2.05. The first-order valence-electron chi connectivity index (χ1n) is 6.24. The van der Waals surface area contributed by atoms with Crippen LogP contribution in [0.25, 0.3) is 10.8 Å². The van der Waals surface area contributed by atoms with E-state index < -0.39 is 5.97 Å². The third kappa shape index (κ3) is 3.32. The Balaban J connectivity index is 1.65. The lowest BCUT2D eigenvalue weighted by Gasteiger charge is -2.03. The van der Waals surface area contributed by atoms with E-state index in [9.17, 15) is 4.79 Å². The molecule has 7 heteroatoms. The van der Waals surface area contributed by atoms with Crippen LogP contribution in [0, 0.1) is 0 Å². The third-order valence-corrected chi connectivity index (χ3v) is 4.39. The second-order valence-electron chi connectivity index (χ2n) is 4.33. The highest BCUT2D eigenvalue weighted by Gasteiger charge is 2.12. The molecule has 3 aromatic rings. The topological polar surface area (TPSA) is 52.3 Å². The Labute approximate surface area is 140 Å². The summed E-state index contributed by atoms with van der Waals surface area (Å²) in [5.74, 6) is 0.00910. The second-order valence-corrected chi connectivity index (χ2v) is 6.09. The van der Waals surface area contributed by atoms with Gasteiger partial charge in [-0.05, 0) is 29.6 Å². The molecule has 2 aromatic heterocycles. The maximum atomic E-state index is 11.9. The summed E-state index contributed by atoms with van der Waals surface area (Å²) in [7, 11) is 0. The normalized spacial score (nSPS) is 10.6. The van der Waals surface area contributed by atoms with E-state index in [0.717, 1.165) is 4.88 Å². The molecule has 0 fully saturated rings. The van der Waals surface area contributed by atoms with Crippen molar-refractivity contribution in [2.45, 2.75) is 6.61 Å². The molecule has 2 heterocycles. The smallest absolute Gasteiger partial charge is 0.338 e. The van der Waals surface area contributed by atoms with Gasteiger partial charge in [-0.1, -0.05) is 29.3 Å². The van der Waals surface area contributed by atoms with Crippen molar-refractivity contribution < 1.29 is 13.9 Å². The fraction of sp³-hybridized carbons (Fsp3) is 0.0667. The van der Waals surface area contributed by atoms with Crippen LogP contribution in [-0.2, 0) is 11.3 Å². The number of nitrogens with zero attached hydrogens (tertiary/aromatic N) is 1. The van der Waals surface area contributed by atoms with Gasteiger partial charge in [0, 0.05) is 0 Å². The zero-order chi connectivity index (χ0) is 15.5. The van der Waals surface area contributed by atoms with Crippen LogP contribution in [0.2, 0.25) is 10.0 Å². The second kappa shape index (κ2) is 6.52. The lowest BCUT2D eigenvalue weighted by atomic mass is 10.2. The Bertz CT molecular complexity index is 799. The Hall–Kier alpha value is -1.82. The molecule has 0 saturated carbocycles. The van der Waals surface area contributed by atoms with Crippen LogP contribution in [0.5, 0.6) is 0 Å². The summed E-state index contributed by atoms with van der Waals surface area (Å²) in [5, 5.41) is 2.62. The van der Waals surface area contributed by atoms with Crippen molar-refractivity contribution in [1.82, 2.24) is 4.98 Å². The van der Waals surface area contributed by atoms with E-state index >= 15 is 0 Å². The molecule has 112 valence electrons. The highest BCUT2D eigenvalue weighted by atomic mass is 35.5. The van der Waals surface area contributed by atoms with E-state index in [0.29, 0.717) is 27.2 Å². The Morgan fingerprint density at radius 1 is 1.27 bits per heavy atom. The molecule has 1 aromatic carbocycles. The van der Waals surface area contributed by atoms with Crippen LogP contribution >= 0.6 is 34.5 Å². The highest BCUT2D eigenvalue weighted by molar-refractivity contribution is 7.13. The molecule has 0 aliphatic rings. The van der Waals surface area contributed by atoms with Crippen molar-refractivity contribution in [2.75, 3.05) is 0 Å². The number of ether oxygens (including phenoxy) is 1. The minimum Gasteiger partial charge on any atom is -0.455 e. The van der Waals surface area contributed by atoms with Gasteiger partial charge in [-0.15, -0.1) is 11.3 Å². The van der Waals surface area contributed by atoms with Gasteiger partial charge in [-0.2, -0.15) is 0 Å². The average Bonchev–Trinajstić information content (AvgIpc) is 3.18. The average molecular weight is 354 g/mol. The fourth-order valence-electron chi connectivity index (χ4n) is 1.73. The number of rotatable bonds is 4. The van der Waals surface area contributed by atoms with Gasteiger partial charge in [-0.25, -0.2) is 9.78 Å². The molecule has 0 N–H and O–H groups in total. The largest absolute Gasteiger partial charge is 0.455 e. The molecule has 0 unspecified atom stereocenters. The van der Waals surface area contributed by atoms with Gasteiger partial charge in [0.05, 0.1) is 20.5 Å². The van der Waals surface area contributed by atoms with E-state index in [1.807, 2.05) is 17.5 Å². The molecule has 0 bridgehead atoms. The maximum Gasteiger partial charge on any atom is 0.338 e. The summed E-state index contributed by atoms with van der Waals surface area (Å²) >= 11 is 13.2. The zero-order valence-corrected chi connectivity index (χ0v) is 13.4. The summed E-state index contributed by atoms with van der Waals surface area (Å²) in [6.07, 6.45) is 1.47. The molecule has 0 radical (unpaired) electrons. The minimum absolute atomic E-state index is 0.0218. The van der Waals surface area contributed by atoms with Crippen LogP contribution in [0.15, 0.2) is 46.4 Å². The van der Waals surface area contributed by atoms with Gasteiger partial charge in [0.15, 0.2) is 0 Å². The Kier molecular flexibility index (Phi) is 4.47. The van der Waals surface area contributed by atoms with E-state index in [1.54, 1.807) is 12.1 Å². The number of esters is 1. The van der Waals surface area contributed by atoms with Gasteiger partial charge in [-0.3, -0.25) is 0 Å². The van der Waals surface area contributed by atoms with Gasteiger partial charge >= 0.3 is 5.97 Å². The van der Waals surface area contributed by atoms with Crippen LogP contribution < -0.4 is 0 Å². The summed E-state index contributed by atoms with van der Waals surface area (Å²) in [6.45, 7) is 0.0218. The molecular weight excluding hydrogens is 345 g/mol. The van der Waals surface area contributed by atoms with Gasteiger partial charge in [0.2, 0.25) is 5.89 Å². The predicted molar refractivity (Wildman–Crippen MR) is 85.4 cm³/mol. The van der Waals surface area contributed by atoms with Crippen LogP contribution in [0.3, 0.4) is 0 Å². The van der Waals surface area contributed by atoms with Gasteiger partial charge in [0.25, 0.3) is 0 Å². The van der Waals surface area contributed by atoms with E-state index in [4.69, 9.17) is 32.4 Å². The molecule has 3 rings (SSSR count). The van der Waals surface area contributed by atoms with Crippen molar-refractivity contribution in [3.8, 4) is 10.8 Å². The Morgan fingerprint density at radius 3 is 2.86 bits per heavy atom. The number of aromatic nitrogens is 1. The molecule has 0 spiro atoms. The highest BCUT2D eigenvalue weighted by Crippen LogP contribution is 2.25. The first-order valence-corrected chi connectivity index (χ1v) is 7.87. The molecule has 22 heavy (non-hydrogen) atoms. The number of carbonyl (C=O) groups is 1. The zero-order valence-electron chi connectivity index (χ0n) is 11.1. The number of halogens is 2. The number of oxazole rings is 1. The maximum absolute atomic E-state index is 11.9. The predicted octanol–water partition coefficient (Wildman–Crippen LogP) is 5.07. The first kappa shape index (κ1) is 15.1. The van der Waals surface area contributed by atoms with Gasteiger partial charge in [0.1, 0.15) is 18.6 Å². The fourth-order valence-corrected chi connectivity index (χ4v) is 2.69. The monoisotopic (exact) mass is 353 g/mol. The SMILES string of the molecule is O=C(OCc1coc(-c2cccs2)n1)c1ccc(Cl)c(Cl)c1. The number of hydrogen-bond acceptors (Lipinski definition) is 5. The molecule has 0 aliphatic carbocycles. The van der Waals surface area contributed by atoms with Crippen molar-refractivity contribution in [3.63, 3.8) is 0 Å². The molecule has 0 amide bonds. The van der Waals surface area contributed by atoms with Crippen molar-refractivity contribution in [2.24, 2.45) is 0 Å². The number of hydrogen-bond donors (Lipinski definition) is 0. The Morgan fingerprint density at radius 2 is 2.14 bits per heavy atom. The minimum atomic E-state index is -0.501. The summed E-state index contributed by atoms with van der Waals surface area (Å²) < 4.78 is 10.5. The molecule has 0 saturated heterocycles. The van der Waals surface area contributed by atoms with E-state index in [-0.39, 0.29) is 6.61 Å². The summed E-state index contributed by atoms with van der Waals surface area (Å²) in [4.78, 5) is 17.1.